The van der Waals surface area contributed by atoms with Gasteiger partial charge in [-0.05, 0) is 27.7 Å². The van der Waals surface area contributed by atoms with E-state index in [-0.39, 0.29) is 11.0 Å². The quantitative estimate of drug-likeness (QED) is 0.405. The molecule has 1 atom stereocenters. The zero-order chi connectivity index (χ0) is 19.2. The highest BCUT2D eigenvalue weighted by molar-refractivity contribution is 7.10. The summed E-state index contributed by atoms with van der Waals surface area (Å²) >= 11 is 0.730. The van der Waals surface area contributed by atoms with Crippen molar-refractivity contribution in [3.63, 3.8) is 0 Å². The molecule has 25 heavy (non-hydrogen) atoms. The van der Waals surface area contributed by atoms with Crippen LogP contribution in [0.3, 0.4) is 0 Å². The van der Waals surface area contributed by atoms with Gasteiger partial charge in [0.2, 0.25) is 22.8 Å². The van der Waals surface area contributed by atoms with Gasteiger partial charge < -0.3 is 19.3 Å². The third-order valence-electron chi connectivity index (χ3n) is 2.28. The van der Waals surface area contributed by atoms with Crippen LogP contribution in [-0.4, -0.2) is 58.0 Å². The molecule has 0 radical (unpaired) electrons. The van der Waals surface area contributed by atoms with E-state index < -0.39 is 35.4 Å². The zero-order valence-electron chi connectivity index (χ0n) is 14.2. The average Bonchev–Trinajstić information content (AvgIpc) is 2.91. The lowest BCUT2D eigenvalue weighted by Crippen LogP contribution is -2.27. The molecule has 0 aliphatic carbocycles. The monoisotopic (exact) mass is 372 g/mol. The fourth-order valence-corrected chi connectivity index (χ4v) is 1.83. The lowest BCUT2D eigenvalue weighted by atomic mass is 10.2. The third-order valence-corrected chi connectivity index (χ3v) is 2.91. The Kier molecular flexibility index (Phi) is 6.85. The molecule has 1 amide bonds. The maximum Gasteiger partial charge on any atom is 0.414 e. The minimum Gasteiger partial charge on any atom is -0.541 e. The number of aromatic nitrogens is 2. The molecule has 1 aromatic rings. The van der Waals surface area contributed by atoms with Gasteiger partial charge in [-0.1, -0.05) is 5.16 Å². The first kappa shape index (κ1) is 20.3. The van der Waals surface area contributed by atoms with Gasteiger partial charge >= 0.3 is 26.1 Å². The molecule has 136 valence electrons. The van der Waals surface area contributed by atoms with Crippen molar-refractivity contribution >= 4 is 48.5 Å². The van der Waals surface area contributed by atoms with Crippen LogP contribution in [0.25, 0.3) is 0 Å². The largest absolute Gasteiger partial charge is 0.541 e. The summed E-state index contributed by atoms with van der Waals surface area (Å²) in [5.41, 5.74) is -1.34. The summed E-state index contributed by atoms with van der Waals surface area (Å²) in [6, 6.07) is 0. The van der Waals surface area contributed by atoms with Crippen molar-refractivity contribution in [2.24, 2.45) is 5.16 Å². The minimum atomic E-state index is -1.47. The number of aliphatic carboxylic acids is 1. The molecular weight excluding hydrogens is 355 g/mol. The number of hydrogen-bond acceptors (Lipinski definition) is 10. The van der Waals surface area contributed by atoms with Gasteiger partial charge in [-0.3, -0.25) is 5.32 Å². The molecule has 2 N–H and O–H groups in total. The normalized spacial score (nSPS) is 12.9. The Morgan fingerprint density at radius 2 is 2.00 bits per heavy atom. The summed E-state index contributed by atoms with van der Waals surface area (Å²) in [6.07, 6.45) is -1.88. The van der Waals surface area contributed by atoms with Crippen LogP contribution in [0.1, 0.15) is 33.5 Å². The molecule has 0 aliphatic rings. The summed E-state index contributed by atoms with van der Waals surface area (Å²) in [4.78, 5) is 42.7. The smallest absolute Gasteiger partial charge is 0.414 e. The third kappa shape index (κ3) is 6.75. The maximum atomic E-state index is 11.6. The van der Waals surface area contributed by atoms with E-state index in [2.05, 4.69) is 24.5 Å². The number of hydrogen-bond donors (Lipinski definition) is 2. The molecule has 1 rings (SSSR count). The van der Waals surface area contributed by atoms with Crippen LogP contribution in [0.5, 0.6) is 0 Å². The van der Waals surface area contributed by atoms with Crippen molar-refractivity contribution < 1.29 is 33.7 Å². The van der Waals surface area contributed by atoms with Crippen LogP contribution in [0.4, 0.5) is 9.93 Å². The van der Waals surface area contributed by atoms with Crippen molar-refractivity contribution in [1.82, 2.24) is 9.36 Å². The lowest BCUT2D eigenvalue weighted by Gasteiger charge is -2.18. The summed E-state index contributed by atoms with van der Waals surface area (Å²) in [6.45, 7) is 6.39. The Balaban J connectivity index is 2.86. The predicted octanol–water partition coefficient (Wildman–Crippen LogP) is 0.170. The van der Waals surface area contributed by atoms with Crippen LogP contribution in [0, 0.1) is 0 Å². The van der Waals surface area contributed by atoms with Gasteiger partial charge in [-0.25, -0.2) is 14.4 Å². The number of amides is 1. The number of carboxylic acid groups (broad SMARTS) is 1. The summed E-state index contributed by atoms with van der Waals surface area (Å²) in [5.74, 6) is -2.49. The Morgan fingerprint density at radius 3 is 2.52 bits per heavy atom. The van der Waals surface area contributed by atoms with Crippen LogP contribution >= 0.6 is 11.5 Å². The van der Waals surface area contributed by atoms with Crippen LogP contribution < -0.4 is 5.32 Å². The van der Waals surface area contributed by atoms with Crippen LogP contribution in [0.15, 0.2) is 5.16 Å². The molecule has 13 heteroatoms. The highest BCUT2D eigenvalue weighted by Gasteiger charge is 2.23. The van der Waals surface area contributed by atoms with E-state index in [1.165, 1.54) is 6.92 Å². The highest BCUT2D eigenvalue weighted by Crippen LogP contribution is 2.15. The number of carbonyl (C=O) groups is 3. The number of nitrogens with zero attached hydrogens (tertiary/aromatic N) is 3. The average molecular weight is 372 g/mol. The molecule has 0 saturated carbocycles. The molecule has 11 nitrogen and oxygen atoms in total. The van der Waals surface area contributed by atoms with E-state index in [1.807, 2.05) is 0 Å². The van der Waals surface area contributed by atoms with Gasteiger partial charge in [0, 0.05) is 11.5 Å². The second kappa shape index (κ2) is 8.42. The predicted molar refractivity (Wildman–Crippen MR) is 89.1 cm³/mol. The molecular formula is C12H17BN4O7S. The lowest BCUT2D eigenvalue weighted by molar-refractivity contribution is -0.146. The first-order valence-corrected chi connectivity index (χ1v) is 7.70. The van der Waals surface area contributed by atoms with Crippen molar-refractivity contribution in [3.05, 3.63) is 5.82 Å². The highest BCUT2D eigenvalue weighted by atomic mass is 32.1. The molecule has 0 aromatic carbocycles. The van der Waals surface area contributed by atoms with Crippen LogP contribution in [0.2, 0.25) is 0 Å². The molecule has 0 saturated heterocycles. The fourth-order valence-electron chi connectivity index (χ4n) is 1.28. The van der Waals surface area contributed by atoms with Gasteiger partial charge in [0.15, 0.2) is 0 Å². The van der Waals surface area contributed by atoms with Gasteiger partial charge in [-0.2, -0.15) is 9.36 Å². The standard InChI is InChI=1S/C12H17BN4O7S/c1-5(9(20)23-13)24-16-6(8(18)19)7-14-10(25-17-7)15-11(21)22-12(2,3)4/h5H,13H2,1-4H3,(H,18,19)(H,14,15,17,21)/b16-6-/t5-/m0/s1. The van der Waals surface area contributed by atoms with Gasteiger partial charge in [0.1, 0.15) is 5.60 Å². The SMILES string of the molecule is BOC(=O)[C@H](C)O/N=C(\C(=O)O)c1nsc(NC(=O)OC(C)(C)C)n1. The first-order valence-electron chi connectivity index (χ1n) is 6.92. The van der Waals surface area contributed by atoms with Crippen molar-refractivity contribution in [2.45, 2.75) is 39.4 Å². The molecule has 1 heterocycles. The van der Waals surface area contributed by atoms with Crippen molar-refractivity contribution in [1.29, 1.82) is 0 Å². The van der Waals surface area contributed by atoms with E-state index in [1.54, 1.807) is 20.8 Å². The van der Waals surface area contributed by atoms with E-state index >= 15 is 0 Å². The number of carboxylic acids is 1. The van der Waals surface area contributed by atoms with E-state index in [4.69, 9.17) is 14.7 Å². The second-order valence-corrected chi connectivity index (χ2v) is 6.32. The number of anilines is 1. The number of ether oxygens (including phenoxy) is 1. The fraction of sp³-hybridized carbons (Fsp3) is 0.500. The number of rotatable bonds is 6. The summed E-state index contributed by atoms with van der Waals surface area (Å²) in [7, 11) is 1.15. The number of nitrogens with one attached hydrogen (secondary N) is 1. The Labute approximate surface area is 148 Å². The Morgan fingerprint density at radius 1 is 1.36 bits per heavy atom. The van der Waals surface area contributed by atoms with Crippen LogP contribution in [-0.2, 0) is 23.8 Å². The van der Waals surface area contributed by atoms with Gasteiger partial charge in [0.05, 0.1) is 0 Å². The minimum absolute atomic E-state index is 0.0132. The Hall–Kier alpha value is -2.70. The molecule has 0 fully saturated rings. The van der Waals surface area contributed by atoms with E-state index in [0.29, 0.717) is 0 Å². The second-order valence-electron chi connectivity index (χ2n) is 5.57. The number of carbonyl (C=O) groups excluding carboxylic acids is 2. The summed E-state index contributed by atoms with van der Waals surface area (Å²) in [5, 5.41) is 14.9. The number of oxime groups is 1. The first-order chi connectivity index (χ1) is 11.5. The van der Waals surface area contributed by atoms with Crippen molar-refractivity contribution in [2.75, 3.05) is 5.32 Å². The van der Waals surface area contributed by atoms with Gasteiger partial charge in [0.25, 0.3) is 0 Å². The Bertz CT molecular complexity index is 685. The topological polar surface area (TPSA) is 149 Å². The molecule has 0 unspecified atom stereocenters. The molecule has 0 aliphatic heterocycles. The van der Waals surface area contributed by atoms with E-state index in [0.717, 1.165) is 19.6 Å². The zero-order valence-corrected chi connectivity index (χ0v) is 15.0. The molecule has 0 spiro atoms. The molecule has 1 aromatic heterocycles. The van der Waals surface area contributed by atoms with Crippen molar-refractivity contribution in [3.8, 4) is 0 Å². The van der Waals surface area contributed by atoms with Gasteiger partial charge in [-0.15, -0.1) is 0 Å². The van der Waals surface area contributed by atoms with E-state index in [9.17, 15) is 14.4 Å². The molecule has 0 bridgehead atoms. The summed E-state index contributed by atoms with van der Waals surface area (Å²) < 4.78 is 13.3. The maximum absolute atomic E-state index is 11.6.